The molecule has 2 N–H and O–H groups in total. The number of para-hydroxylation sites is 1. The van der Waals surface area contributed by atoms with Gasteiger partial charge in [0.15, 0.2) is 5.69 Å². The van der Waals surface area contributed by atoms with E-state index >= 15 is 0 Å². The summed E-state index contributed by atoms with van der Waals surface area (Å²) in [6.45, 7) is -0.0269. The smallest absolute Gasteiger partial charge is 0.376 e. The number of carbonyl (C=O) groups excluding carboxylic acids is 1. The van der Waals surface area contributed by atoms with Crippen LogP contribution in [0.2, 0.25) is 0 Å². The number of rotatable bonds is 4. The normalized spacial score (nSPS) is 14.0. The van der Waals surface area contributed by atoms with Crippen LogP contribution in [-0.4, -0.2) is 29.0 Å². The number of ether oxygens (including phenoxy) is 1. The molecular formula is C16H15F5N4O2. The van der Waals surface area contributed by atoms with Crippen LogP contribution in [0, 0.1) is 11.6 Å². The molecule has 27 heavy (non-hydrogen) atoms. The van der Waals surface area contributed by atoms with Crippen LogP contribution in [0.25, 0.3) is 0 Å². The molecule has 146 valence electrons. The average molecular weight is 390 g/mol. The Kier molecular flexibility index (Phi) is 5.31. The first-order valence-electron chi connectivity index (χ1n) is 7.99. The van der Waals surface area contributed by atoms with E-state index in [1.807, 2.05) is 5.32 Å². The molecule has 3 rings (SSSR count). The molecule has 0 fully saturated rings. The van der Waals surface area contributed by atoms with Crippen LogP contribution in [0.4, 0.5) is 32.4 Å². The van der Waals surface area contributed by atoms with Crippen molar-refractivity contribution < 1.29 is 31.5 Å². The Morgan fingerprint density at radius 1 is 1.26 bits per heavy atom. The summed E-state index contributed by atoms with van der Waals surface area (Å²) in [4.78, 5) is 11.8. The Labute approximate surface area is 150 Å². The average Bonchev–Trinajstić information content (AvgIpc) is 2.98. The number of nitrogens with one attached hydrogen (secondary N) is 2. The highest BCUT2D eigenvalue weighted by Gasteiger charge is 2.39. The Balaban J connectivity index is 1.64. The van der Waals surface area contributed by atoms with E-state index in [4.69, 9.17) is 4.74 Å². The molecule has 2 heterocycles. The van der Waals surface area contributed by atoms with E-state index in [-0.39, 0.29) is 38.3 Å². The molecule has 1 aliphatic heterocycles. The number of benzene rings is 1. The van der Waals surface area contributed by atoms with E-state index < -0.39 is 35.2 Å². The number of amides is 2. The molecule has 11 heteroatoms. The number of anilines is 1. The second kappa shape index (κ2) is 7.51. The largest absolute Gasteiger partial charge is 0.435 e. The zero-order valence-electron chi connectivity index (χ0n) is 13.9. The minimum atomic E-state index is -4.61. The van der Waals surface area contributed by atoms with Crippen LogP contribution in [0.5, 0.6) is 0 Å². The van der Waals surface area contributed by atoms with Crippen molar-refractivity contribution in [3.8, 4) is 0 Å². The van der Waals surface area contributed by atoms with Gasteiger partial charge in [-0.3, -0.25) is 4.68 Å². The molecule has 2 amide bonds. The van der Waals surface area contributed by atoms with Gasteiger partial charge >= 0.3 is 12.2 Å². The van der Waals surface area contributed by atoms with Crippen molar-refractivity contribution in [2.24, 2.45) is 0 Å². The van der Waals surface area contributed by atoms with Crippen LogP contribution in [0.3, 0.4) is 0 Å². The molecule has 0 atom stereocenters. The lowest BCUT2D eigenvalue weighted by atomic mass is 10.1. The van der Waals surface area contributed by atoms with Crippen LogP contribution in [0.15, 0.2) is 18.2 Å². The van der Waals surface area contributed by atoms with Gasteiger partial charge in [-0.15, -0.1) is 0 Å². The maximum atomic E-state index is 13.5. The molecule has 0 unspecified atom stereocenters. The van der Waals surface area contributed by atoms with Crippen molar-refractivity contribution in [1.29, 1.82) is 0 Å². The molecular weight excluding hydrogens is 375 g/mol. The zero-order chi connectivity index (χ0) is 19.6. The van der Waals surface area contributed by atoms with Crippen molar-refractivity contribution in [2.45, 2.75) is 25.7 Å². The topological polar surface area (TPSA) is 68.2 Å². The molecule has 1 aromatic carbocycles. The first-order chi connectivity index (χ1) is 12.8. The van der Waals surface area contributed by atoms with Gasteiger partial charge in [-0.2, -0.15) is 18.3 Å². The molecule has 6 nitrogen and oxygen atoms in total. The van der Waals surface area contributed by atoms with E-state index in [1.165, 1.54) is 4.68 Å². The summed E-state index contributed by atoms with van der Waals surface area (Å²) >= 11 is 0. The molecule has 0 bridgehead atoms. The molecule has 1 aromatic heterocycles. The summed E-state index contributed by atoms with van der Waals surface area (Å²) in [5.41, 5.74) is -1.22. The first kappa shape index (κ1) is 19.1. The van der Waals surface area contributed by atoms with Gasteiger partial charge in [-0.05, 0) is 12.1 Å². The van der Waals surface area contributed by atoms with Gasteiger partial charge in [0.25, 0.3) is 0 Å². The Bertz CT molecular complexity index is 830. The number of halogens is 5. The molecule has 2 aromatic rings. The summed E-state index contributed by atoms with van der Waals surface area (Å²) < 4.78 is 72.4. The minimum absolute atomic E-state index is 0.00775. The van der Waals surface area contributed by atoms with E-state index in [0.29, 0.717) is 5.69 Å². The van der Waals surface area contributed by atoms with Crippen molar-refractivity contribution in [2.75, 3.05) is 18.5 Å². The summed E-state index contributed by atoms with van der Waals surface area (Å²) in [5.74, 6) is -1.89. The minimum Gasteiger partial charge on any atom is -0.376 e. The summed E-state index contributed by atoms with van der Waals surface area (Å²) in [6, 6.07) is 2.22. The fraction of sp³-hybridized carbons (Fsp3) is 0.375. The van der Waals surface area contributed by atoms with Gasteiger partial charge in [-0.1, -0.05) is 6.07 Å². The van der Waals surface area contributed by atoms with Crippen LogP contribution >= 0.6 is 0 Å². The number of carbonyl (C=O) groups is 1. The highest BCUT2D eigenvalue weighted by molar-refractivity contribution is 5.89. The van der Waals surface area contributed by atoms with Gasteiger partial charge in [0.2, 0.25) is 0 Å². The second-order valence-corrected chi connectivity index (χ2v) is 5.77. The van der Waals surface area contributed by atoms with Gasteiger partial charge < -0.3 is 15.4 Å². The van der Waals surface area contributed by atoms with Crippen molar-refractivity contribution in [3.63, 3.8) is 0 Å². The SMILES string of the molecule is O=C(NCCn1nc(C(F)(F)F)c2c1CCOC2)Nc1c(F)cccc1F. The number of fused-ring (bicyclic) bond motifs is 1. The third kappa shape index (κ3) is 4.18. The molecule has 0 radical (unpaired) electrons. The fourth-order valence-electron chi connectivity index (χ4n) is 2.77. The maximum Gasteiger partial charge on any atom is 0.435 e. The monoisotopic (exact) mass is 390 g/mol. The van der Waals surface area contributed by atoms with Crippen LogP contribution in [-0.2, 0) is 30.5 Å². The van der Waals surface area contributed by atoms with Gasteiger partial charge in [-0.25, -0.2) is 13.6 Å². The summed E-state index contributed by atoms with van der Waals surface area (Å²) in [6.07, 6.45) is -4.34. The quantitative estimate of drug-likeness (QED) is 0.789. The van der Waals surface area contributed by atoms with E-state index in [2.05, 4.69) is 10.4 Å². The van der Waals surface area contributed by atoms with Crippen molar-refractivity contribution in [1.82, 2.24) is 15.1 Å². The van der Waals surface area contributed by atoms with Crippen LogP contribution in [0.1, 0.15) is 17.0 Å². The van der Waals surface area contributed by atoms with E-state index in [0.717, 1.165) is 18.2 Å². The molecule has 0 saturated carbocycles. The first-order valence-corrected chi connectivity index (χ1v) is 7.99. The Morgan fingerprint density at radius 2 is 1.96 bits per heavy atom. The van der Waals surface area contributed by atoms with Gasteiger partial charge in [0, 0.05) is 24.2 Å². The number of aromatic nitrogens is 2. The lowest BCUT2D eigenvalue weighted by molar-refractivity contribution is -0.142. The third-order valence-electron chi connectivity index (χ3n) is 3.98. The van der Waals surface area contributed by atoms with Crippen LogP contribution < -0.4 is 10.6 Å². The number of nitrogens with zero attached hydrogens (tertiary/aromatic N) is 2. The van der Waals surface area contributed by atoms with E-state index in [9.17, 15) is 26.7 Å². The molecule has 0 spiro atoms. The number of alkyl halides is 3. The highest BCUT2D eigenvalue weighted by Crippen LogP contribution is 2.34. The summed E-state index contributed by atoms with van der Waals surface area (Å²) in [5, 5.41) is 7.95. The maximum absolute atomic E-state index is 13.5. The predicted octanol–water partition coefficient (Wildman–Crippen LogP) is 3.07. The van der Waals surface area contributed by atoms with Gasteiger partial charge in [0.05, 0.1) is 19.8 Å². The summed E-state index contributed by atoms with van der Waals surface area (Å²) in [7, 11) is 0. The number of urea groups is 1. The predicted molar refractivity (Wildman–Crippen MR) is 84.0 cm³/mol. The molecule has 0 saturated heterocycles. The Morgan fingerprint density at radius 3 is 2.63 bits per heavy atom. The Hall–Kier alpha value is -2.69. The lowest BCUT2D eigenvalue weighted by Crippen LogP contribution is -2.32. The third-order valence-corrected chi connectivity index (χ3v) is 3.98. The zero-order valence-corrected chi connectivity index (χ0v) is 13.9. The van der Waals surface area contributed by atoms with Gasteiger partial charge in [0.1, 0.15) is 17.3 Å². The molecule has 0 aliphatic carbocycles. The van der Waals surface area contributed by atoms with Crippen molar-refractivity contribution >= 4 is 11.7 Å². The van der Waals surface area contributed by atoms with E-state index in [1.54, 1.807) is 0 Å². The highest BCUT2D eigenvalue weighted by atomic mass is 19.4. The number of hydrogen-bond donors (Lipinski definition) is 2. The number of hydrogen-bond acceptors (Lipinski definition) is 3. The van der Waals surface area contributed by atoms with Crippen molar-refractivity contribution in [3.05, 3.63) is 46.8 Å². The molecule has 1 aliphatic rings. The standard InChI is InChI=1S/C16H15F5N4O2/c17-10-2-1-3-11(18)13(10)23-15(26)22-5-6-25-12-4-7-27-8-9(12)14(24-25)16(19,20)21/h1-3H,4-8H2,(H2,22,23,26). The lowest BCUT2D eigenvalue weighted by Gasteiger charge is -2.15. The fourth-order valence-corrected chi connectivity index (χ4v) is 2.77. The second-order valence-electron chi connectivity index (χ2n) is 5.77.